The molecule has 2 heterocycles. The number of carbonyl (C=O) groups is 2. The first kappa shape index (κ1) is 25.7. The van der Waals surface area contributed by atoms with Crippen molar-refractivity contribution in [2.45, 2.75) is 57.4 Å². The Bertz CT molecular complexity index is 968. The number of rotatable bonds is 11. The molecule has 1 aliphatic heterocycles. The molecule has 1 fully saturated rings. The molecule has 6 nitrogen and oxygen atoms in total. The predicted molar refractivity (Wildman–Crippen MR) is 139 cm³/mol. The molecule has 4 rings (SSSR count). The summed E-state index contributed by atoms with van der Waals surface area (Å²) in [6.45, 7) is 1.91. The van der Waals surface area contributed by atoms with Gasteiger partial charge in [-0.05, 0) is 59.9 Å². The minimum Gasteiger partial charge on any atom is -0.497 e. The number of benzene rings is 1. The maximum absolute atomic E-state index is 13.7. The summed E-state index contributed by atoms with van der Waals surface area (Å²) in [6, 6.07) is 9.97. The van der Waals surface area contributed by atoms with E-state index in [-0.39, 0.29) is 24.4 Å². The van der Waals surface area contributed by atoms with Crippen LogP contribution in [-0.4, -0.2) is 62.1 Å². The highest BCUT2D eigenvalue weighted by Gasteiger charge is 2.34. The third-order valence-corrected chi connectivity index (χ3v) is 8.41. The standard InChI is InChI=1S/C28H38N2O4S/c1-33-18-5-16-29(26(31)13-8-21-6-3-4-7-21)20-27(32)30-17-14-25-24(15-19-35-25)28(30)22-9-11-23(34-2)12-10-22/h9-12,15,19,21,28H,3-8,13-14,16-18,20H2,1-2H3. The fourth-order valence-corrected chi connectivity index (χ4v) is 6.37. The third-order valence-electron chi connectivity index (χ3n) is 7.41. The topological polar surface area (TPSA) is 59.1 Å². The SMILES string of the molecule is COCCCN(CC(=O)N1CCc2sccc2C1c1ccc(OC)cc1)C(=O)CCC1CCCC1. The lowest BCUT2D eigenvalue weighted by atomic mass is 9.93. The second-order valence-electron chi connectivity index (χ2n) is 9.66. The Balaban J connectivity index is 1.49. The summed E-state index contributed by atoms with van der Waals surface area (Å²) in [5.41, 5.74) is 2.26. The van der Waals surface area contributed by atoms with Crippen LogP contribution in [0, 0.1) is 5.92 Å². The molecule has 1 saturated carbocycles. The number of ether oxygens (including phenoxy) is 2. The van der Waals surface area contributed by atoms with Gasteiger partial charge in [-0.3, -0.25) is 9.59 Å². The molecular formula is C28H38N2O4S. The lowest BCUT2D eigenvalue weighted by molar-refractivity contribution is -0.142. The highest BCUT2D eigenvalue weighted by molar-refractivity contribution is 7.10. The fourth-order valence-electron chi connectivity index (χ4n) is 5.46. The molecule has 0 spiro atoms. The maximum atomic E-state index is 13.7. The van der Waals surface area contributed by atoms with Crippen molar-refractivity contribution in [2.24, 2.45) is 5.92 Å². The van der Waals surface area contributed by atoms with Crippen molar-refractivity contribution in [1.29, 1.82) is 0 Å². The molecule has 0 bridgehead atoms. The zero-order valence-corrected chi connectivity index (χ0v) is 21.9. The van der Waals surface area contributed by atoms with Gasteiger partial charge in [0, 0.05) is 38.1 Å². The van der Waals surface area contributed by atoms with Crippen molar-refractivity contribution in [3.8, 4) is 5.75 Å². The van der Waals surface area contributed by atoms with E-state index in [0.29, 0.717) is 32.0 Å². The summed E-state index contributed by atoms with van der Waals surface area (Å²) in [7, 11) is 3.33. The van der Waals surface area contributed by atoms with E-state index in [1.54, 1.807) is 30.5 Å². The minimum atomic E-state index is -0.141. The van der Waals surface area contributed by atoms with Gasteiger partial charge < -0.3 is 19.3 Å². The largest absolute Gasteiger partial charge is 0.497 e. The van der Waals surface area contributed by atoms with Crippen LogP contribution in [0.5, 0.6) is 5.75 Å². The number of amides is 2. The van der Waals surface area contributed by atoms with Crippen LogP contribution >= 0.6 is 11.3 Å². The van der Waals surface area contributed by atoms with E-state index in [1.165, 1.54) is 36.1 Å². The number of carbonyl (C=O) groups excluding carboxylic acids is 2. The van der Waals surface area contributed by atoms with E-state index < -0.39 is 0 Å². The number of fused-ring (bicyclic) bond motifs is 1. The Morgan fingerprint density at radius 3 is 2.60 bits per heavy atom. The molecular weight excluding hydrogens is 460 g/mol. The number of methoxy groups -OCH3 is 2. The number of hydrogen-bond donors (Lipinski definition) is 0. The van der Waals surface area contributed by atoms with Crippen molar-refractivity contribution < 1.29 is 19.1 Å². The van der Waals surface area contributed by atoms with Gasteiger partial charge in [0.1, 0.15) is 5.75 Å². The third kappa shape index (κ3) is 6.44. The van der Waals surface area contributed by atoms with Gasteiger partial charge in [0.15, 0.2) is 0 Å². The summed E-state index contributed by atoms with van der Waals surface area (Å²) < 4.78 is 10.6. The Hall–Kier alpha value is -2.38. The summed E-state index contributed by atoms with van der Waals surface area (Å²) >= 11 is 1.76. The van der Waals surface area contributed by atoms with Gasteiger partial charge in [-0.1, -0.05) is 37.8 Å². The average molecular weight is 499 g/mol. The molecule has 7 heteroatoms. The van der Waals surface area contributed by atoms with E-state index in [9.17, 15) is 9.59 Å². The summed E-state index contributed by atoms with van der Waals surface area (Å²) in [5, 5.41) is 2.11. The molecule has 190 valence electrons. The van der Waals surface area contributed by atoms with Crippen molar-refractivity contribution in [3.05, 3.63) is 51.7 Å². The zero-order chi connectivity index (χ0) is 24.6. The molecule has 1 aliphatic carbocycles. The molecule has 1 atom stereocenters. The van der Waals surface area contributed by atoms with Gasteiger partial charge in [-0.15, -0.1) is 11.3 Å². The number of nitrogens with zero attached hydrogens (tertiary/aromatic N) is 2. The first-order chi connectivity index (χ1) is 17.1. The van der Waals surface area contributed by atoms with Crippen molar-refractivity contribution in [2.75, 3.05) is 40.5 Å². The molecule has 2 aromatic rings. The minimum absolute atomic E-state index is 0.00861. The van der Waals surface area contributed by atoms with Crippen LogP contribution in [-0.2, 0) is 20.7 Å². The van der Waals surface area contributed by atoms with Crippen LogP contribution in [0.4, 0.5) is 0 Å². The zero-order valence-electron chi connectivity index (χ0n) is 21.0. The van der Waals surface area contributed by atoms with Crippen LogP contribution in [0.2, 0.25) is 0 Å². The predicted octanol–water partition coefficient (Wildman–Crippen LogP) is 5.07. The van der Waals surface area contributed by atoms with E-state index in [1.807, 2.05) is 29.2 Å². The first-order valence-electron chi connectivity index (χ1n) is 12.9. The lowest BCUT2D eigenvalue weighted by Gasteiger charge is -2.37. The maximum Gasteiger partial charge on any atom is 0.242 e. The molecule has 1 unspecified atom stereocenters. The van der Waals surface area contributed by atoms with Crippen LogP contribution in [0.1, 0.15) is 67.0 Å². The summed E-state index contributed by atoms with van der Waals surface area (Å²) in [5.74, 6) is 1.56. The molecule has 0 saturated heterocycles. The molecule has 1 aromatic carbocycles. The molecule has 1 aromatic heterocycles. The van der Waals surface area contributed by atoms with Gasteiger partial charge in [0.05, 0.1) is 19.7 Å². The lowest BCUT2D eigenvalue weighted by Crippen LogP contribution is -2.47. The van der Waals surface area contributed by atoms with Gasteiger partial charge in [0.25, 0.3) is 0 Å². The van der Waals surface area contributed by atoms with Gasteiger partial charge in [-0.25, -0.2) is 0 Å². The fraction of sp³-hybridized carbons (Fsp3) is 0.571. The monoisotopic (exact) mass is 498 g/mol. The Labute approximate surface area is 213 Å². The second-order valence-corrected chi connectivity index (χ2v) is 10.7. The van der Waals surface area contributed by atoms with Crippen LogP contribution in [0.3, 0.4) is 0 Å². The Kier molecular flexibility index (Phi) is 9.21. The molecule has 0 radical (unpaired) electrons. The van der Waals surface area contributed by atoms with E-state index >= 15 is 0 Å². The van der Waals surface area contributed by atoms with Gasteiger partial charge >= 0.3 is 0 Å². The van der Waals surface area contributed by atoms with Crippen LogP contribution in [0.15, 0.2) is 35.7 Å². The summed E-state index contributed by atoms with van der Waals surface area (Å²) in [4.78, 5) is 32.0. The molecule has 35 heavy (non-hydrogen) atoms. The highest BCUT2D eigenvalue weighted by Crippen LogP contribution is 2.38. The van der Waals surface area contributed by atoms with Crippen LogP contribution in [0.25, 0.3) is 0 Å². The van der Waals surface area contributed by atoms with Crippen molar-refractivity contribution in [3.63, 3.8) is 0 Å². The van der Waals surface area contributed by atoms with Gasteiger partial charge in [-0.2, -0.15) is 0 Å². The van der Waals surface area contributed by atoms with Crippen LogP contribution < -0.4 is 4.74 Å². The number of thiophene rings is 1. The smallest absolute Gasteiger partial charge is 0.242 e. The molecule has 2 amide bonds. The summed E-state index contributed by atoms with van der Waals surface area (Å²) in [6.07, 6.45) is 8.07. The Morgan fingerprint density at radius 2 is 1.89 bits per heavy atom. The highest BCUT2D eigenvalue weighted by atomic mass is 32.1. The average Bonchev–Trinajstić information content (AvgIpc) is 3.58. The first-order valence-corrected chi connectivity index (χ1v) is 13.7. The number of hydrogen-bond acceptors (Lipinski definition) is 5. The van der Waals surface area contributed by atoms with E-state index in [2.05, 4.69) is 11.4 Å². The second kappa shape index (κ2) is 12.5. The molecule has 2 aliphatic rings. The van der Waals surface area contributed by atoms with E-state index in [0.717, 1.165) is 30.6 Å². The van der Waals surface area contributed by atoms with Crippen molar-refractivity contribution in [1.82, 2.24) is 9.80 Å². The van der Waals surface area contributed by atoms with Gasteiger partial charge in [0.2, 0.25) is 11.8 Å². The van der Waals surface area contributed by atoms with Crippen molar-refractivity contribution >= 4 is 23.2 Å². The van der Waals surface area contributed by atoms with E-state index in [4.69, 9.17) is 9.47 Å². The molecule has 0 N–H and O–H groups in total. The quantitative estimate of drug-likeness (QED) is 0.406. The normalized spacial score (nSPS) is 17.9. The Morgan fingerprint density at radius 1 is 1.11 bits per heavy atom.